The molecule has 1 fully saturated rings. The highest BCUT2D eigenvalue weighted by molar-refractivity contribution is 5.88. The van der Waals surface area contributed by atoms with Crippen molar-refractivity contribution in [2.45, 2.75) is 52.6 Å². The summed E-state index contributed by atoms with van der Waals surface area (Å²) in [5, 5.41) is 10.8. The van der Waals surface area contributed by atoms with Crippen LogP contribution in [-0.2, 0) is 14.3 Å². The molecule has 1 aliphatic carbocycles. The van der Waals surface area contributed by atoms with Crippen molar-refractivity contribution >= 4 is 12.3 Å². The molecule has 132 valence electrons. The first-order valence-corrected chi connectivity index (χ1v) is 8.73. The summed E-state index contributed by atoms with van der Waals surface area (Å²) < 4.78 is 5.37. The van der Waals surface area contributed by atoms with Crippen LogP contribution in [0.4, 0.5) is 0 Å². The minimum absolute atomic E-state index is 0.0625. The summed E-state index contributed by atoms with van der Waals surface area (Å²) in [7, 11) is 0. The zero-order valence-electron chi connectivity index (χ0n) is 14.8. The molecule has 0 radical (unpaired) electrons. The summed E-state index contributed by atoms with van der Waals surface area (Å²) in [5.41, 5.74) is 2.79. The smallest absolute Gasteiger partial charge is 0.313 e. The summed E-state index contributed by atoms with van der Waals surface area (Å²) in [6.45, 7) is 6.42. The monoisotopic (exact) mass is 332 g/mol. The van der Waals surface area contributed by atoms with Crippen molar-refractivity contribution in [2.24, 2.45) is 17.8 Å². The molecule has 2 rings (SSSR count). The third kappa shape index (κ3) is 4.44. The van der Waals surface area contributed by atoms with Crippen LogP contribution >= 0.6 is 0 Å². The average Bonchev–Trinajstić information content (AvgIpc) is 2.58. The highest BCUT2D eigenvalue weighted by Crippen LogP contribution is 2.39. The van der Waals surface area contributed by atoms with Gasteiger partial charge in [0.05, 0.1) is 18.6 Å². The predicted octanol–water partition coefficient (Wildman–Crippen LogP) is 3.36. The number of allylic oxidation sites excluding steroid dienone is 4. The first-order chi connectivity index (χ1) is 11.4. The van der Waals surface area contributed by atoms with Crippen LogP contribution in [0.15, 0.2) is 34.9 Å². The molecule has 2 aliphatic rings. The maximum absolute atomic E-state index is 12.4. The zero-order chi connectivity index (χ0) is 17.7. The molecule has 4 heteroatoms. The Morgan fingerprint density at radius 1 is 1.38 bits per heavy atom. The Balaban J connectivity index is 2.33. The number of carbonyl (C=O) groups excluding carboxylic acids is 2. The van der Waals surface area contributed by atoms with Crippen molar-refractivity contribution in [1.82, 2.24) is 0 Å². The molecule has 1 heterocycles. The molecule has 0 aromatic carbocycles. The maximum atomic E-state index is 12.4. The van der Waals surface area contributed by atoms with Crippen LogP contribution in [0.5, 0.6) is 0 Å². The number of esters is 1. The van der Waals surface area contributed by atoms with Gasteiger partial charge in [-0.3, -0.25) is 9.59 Å². The second-order valence-corrected chi connectivity index (χ2v) is 7.18. The third-order valence-electron chi connectivity index (χ3n) is 5.00. The van der Waals surface area contributed by atoms with E-state index in [2.05, 4.69) is 19.9 Å². The van der Waals surface area contributed by atoms with E-state index < -0.39 is 12.0 Å². The number of rotatable bonds is 4. The van der Waals surface area contributed by atoms with E-state index in [4.69, 9.17) is 4.74 Å². The van der Waals surface area contributed by atoms with Gasteiger partial charge in [0.1, 0.15) is 6.29 Å². The lowest BCUT2D eigenvalue weighted by molar-refractivity contribution is -0.164. The Labute approximate surface area is 144 Å². The molecule has 0 amide bonds. The number of aldehydes is 1. The van der Waals surface area contributed by atoms with E-state index in [0.717, 1.165) is 24.7 Å². The van der Waals surface area contributed by atoms with Crippen LogP contribution in [0.3, 0.4) is 0 Å². The number of aliphatic hydroxyl groups excluding tert-OH is 1. The van der Waals surface area contributed by atoms with Gasteiger partial charge in [0, 0.05) is 11.5 Å². The molecule has 0 saturated carbocycles. The van der Waals surface area contributed by atoms with Gasteiger partial charge in [0.15, 0.2) is 0 Å². The number of hydrogen-bond acceptors (Lipinski definition) is 4. The van der Waals surface area contributed by atoms with Gasteiger partial charge in [-0.2, -0.15) is 0 Å². The van der Waals surface area contributed by atoms with Crippen LogP contribution in [0.25, 0.3) is 0 Å². The molecule has 0 spiro atoms. The molecular weight excluding hydrogens is 304 g/mol. The largest absolute Gasteiger partial charge is 0.465 e. The number of carbonyl (C=O) groups is 2. The summed E-state index contributed by atoms with van der Waals surface area (Å²) in [6.07, 6.45) is 8.93. The Morgan fingerprint density at radius 2 is 2.12 bits per heavy atom. The van der Waals surface area contributed by atoms with Gasteiger partial charge < -0.3 is 9.84 Å². The highest BCUT2D eigenvalue weighted by Gasteiger charge is 2.45. The highest BCUT2D eigenvalue weighted by atomic mass is 16.5. The molecule has 0 bridgehead atoms. The number of hydrogen-bond donors (Lipinski definition) is 1. The topological polar surface area (TPSA) is 63.6 Å². The van der Waals surface area contributed by atoms with E-state index in [-0.39, 0.29) is 17.8 Å². The van der Waals surface area contributed by atoms with Crippen LogP contribution in [0, 0.1) is 17.8 Å². The number of fused-ring (bicyclic) bond motifs is 1. The Kier molecular flexibility index (Phi) is 6.55. The van der Waals surface area contributed by atoms with E-state index in [0.29, 0.717) is 25.0 Å². The van der Waals surface area contributed by atoms with Gasteiger partial charge in [-0.1, -0.05) is 29.4 Å². The average molecular weight is 332 g/mol. The van der Waals surface area contributed by atoms with Crippen molar-refractivity contribution in [3.05, 3.63) is 34.9 Å². The number of aliphatic hydroxyl groups is 1. The van der Waals surface area contributed by atoms with E-state index in [1.807, 2.05) is 13.0 Å². The van der Waals surface area contributed by atoms with Gasteiger partial charge in [0.2, 0.25) is 0 Å². The Morgan fingerprint density at radius 3 is 2.79 bits per heavy atom. The molecule has 1 aliphatic heterocycles. The van der Waals surface area contributed by atoms with E-state index in [1.54, 1.807) is 6.08 Å². The number of ether oxygens (including phenoxy) is 1. The molecule has 24 heavy (non-hydrogen) atoms. The third-order valence-corrected chi connectivity index (χ3v) is 5.00. The Bertz CT molecular complexity index is 566. The fourth-order valence-electron chi connectivity index (χ4n) is 3.77. The molecule has 4 atom stereocenters. The van der Waals surface area contributed by atoms with E-state index in [1.165, 1.54) is 5.57 Å². The Hall–Kier alpha value is -1.68. The van der Waals surface area contributed by atoms with E-state index >= 15 is 0 Å². The van der Waals surface area contributed by atoms with Crippen LogP contribution < -0.4 is 0 Å². The summed E-state index contributed by atoms with van der Waals surface area (Å²) >= 11 is 0. The summed E-state index contributed by atoms with van der Waals surface area (Å²) in [5.74, 6) is -1.24. The van der Waals surface area contributed by atoms with Crippen molar-refractivity contribution in [2.75, 3.05) is 6.61 Å². The normalized spacial score (nSPS) is 30.6. The minimum Gasteiger partial charge on any atom is -0.465 e. The van der Waals surface area contributed by atoms with Crippen molar-refractivity contribution in [3.63, 3.8) is 0 Å². The fraction of sp³-hybridized carbons (Fsp3) is 0.600. The second kappa shape index (κ2) is 8.43. The lowest BCUT2D eigenvalue weighted by atomic mass is 9.70. The van der Waals surface area contributed by atoms with Crippen molar-refractivity contribution in [3.8, 4) is 0 Å². The standard InChI is InChI=1S/C20H28O4/c1-13(2)6-4-9-16-12-24-20(23)19-15(11-21)8-5-7-14(3)10-17(22)18(16)19/h6-8,11,16-19,22H,4-5,9-10,12H2,1-3H3. The molecule has 1 saturated heterocycles. The van der Waals surface area contributed by atoms with Crippen LogP contribution in [0.2, 0.25) is 0 Å². The van der Waals surface area contributed by atoms with Gasteiger partial charge >= 0.3 is 5.97 Å². The molecule has 4 unspecified atom stereocenters. The zero-order valence-corrected chi connectivity index (χ0v) is 14.8. The minimum atomic E-state index is -0.651. The van der Waals surface area contributed by atoms with Gasteiger partial charge in [-0.15, -0.1) is 0 Å². The summed E-state index contributed by atoms with van der Waals surface area (Å²) in [4.78, 5) is 23.9. The second-order valence-electron chi connectivity index (χ2n) is 7.18. The predicted molar refractivity (Wildman–Crippen MR) is 93.2 cm³/mol. The maximum Gasteiger partial charge on any atom is 0.313 e. The first-order valence-electron chi connectivity index (χ1n) is 8.73. The summed E-state index contributed by atoms with van der Waals surface area (Å²) in [6, 6.07) is 0. The molecule has 4 nitrogen and oxygen atoms in total. The van der Waals surface area contributed by atoms with Gasteiger partial charge in [-0.05, 0) is 52.4 Å². The molecule has 1 N–H and O–H groups in total. The fourth-order valence-corrected chi connectivity index (χ4v) is 3.77. The van der Waals surface area contributed by atoms with Crippen molar-refractivity contribution in [1.29, 1.82) is 0 Å². The molecular formula is C20H28O4. The lowest BCUT2D eigenvalue weighted by Crippen LogP contribution is -2.46. The molecule has 0 aromatic heterocycles. The van der Waals surface area contributed by atoms with Crippen LogP contribution in [0.1, 0.15) is 46.5 Å². The SMILES string of the molecule is CC(C)=CCCC1COC(=O)C2C(C=O)=CCC=C(C)CC(O)C12. The van der Waals surface area contributed by atoms with Gasteiger partial charge in [0.25, 0.3) is 0 Å². The van der Waals surface area contributed by atoms with Gasteiger partial charge in [-0.25, -0.2) is 0 Å². The number of cyclic esters (lactones) is 1. The van der Waals surface area contributed by atoms with E-state index in [9.17, 15) is 14.7 Å². The van der Waals surface area contributed by atoms with Crippen LogP contribution in [-0.4, -0.2) is 30.1 Å². The lowest BCUT2D eigenvalue weighted by Gasteiger charge is -2.39. The molecule has 0 aromatic rings. The van der Waals surface area contributed by atoms with Crippen molar-refractivity contribution < 1.29 is 19.4 Å². The quantitative estimate of drug-likeness (QED) is 0.487. The first kappa shape index (κ1) is 18.7.